The molecule has 5 heteroatoms. The lowest BCUT2D eigenvalue weighted by molar-refractivity contribution is -0.119. The fourth-order valence-corrected chi connectivity index (χ4v) is 2.53. The van der Waals surface area contributed by atoms with Crippen LogP contribution in [0.15, 0.2) is 24.3 Å². The van der Waals surface area contributed by atoms with Crippen LogP contribution in [0.3, 0.4) is 0 Å². The van der Waals surface area contributed by atoms with Crippen molar-refractivity contribution in [2.45, 2.75) is 25.8 Å². The van der Waals surface area contributed by atoms with E-state index in [1.54, 1.807) is 7.11 Å². The first-order valence-electron chi connectivity index (χ1n) is 7.47. The molecule has 0 radical (unpaired) electrons. The van der Waals surface area contributed by atoms with Gasteiger partial charge in [-0.2, -0.15) is 0 Å². The van der Waals surface area contributed by atoms with E-state index in [-0.39, 0.29) is 11.9 Å². The number of piperidine rings is 1. The van der Waals surface area contributed by atoms with Gasteiger partial charge in [0.25, 0.3) is 0 Å². The molecule has 1 saturated heterocycles. The number of ether oxygens (including phenoxy) is 2. The number of hydrogen-bond donors (Lipinski definition) is 2. The Hall–Kier alpha value is -1.59. The Balaban J connectivity index is 1.92. The zero-order chi connectivity index (χ0) is 15.1. The van der Waals surface area contributed by atoms with Crippen LogP contribution in [0.5, 0.6) is 5.75 Å². The summed E-state index contributed by atoms with van der Waals surface area (Å²) in [5.74, 6) is 1.12. The largest absolute Gasteiger partial charge is 0.491 e. The summed E-state index contributed by atoms with van der Waals surface area (Å²) in [7, 11) is 1.64. The summed E-state index contributed by atoms with van der Waals surface area (Å²) in [5, 5.41) is 6.25. The van der Waals surface area contributed by atoms with E-state index in [0.29, 0.717) is 19.1 Å². The van der Waals surface area contributed by atoms with Crippen molar-refractivity contribution in [3.63, 3.8) is 0 Å². The molecule has 1 amide bonds. The maximum Gasteiger partial charge on any atom is 0.241 e. The Morgan fingerprint density at radius 3 is 3.05 bits per heavy atom. The second-order valence-electron chi connectivity index (χ2n) is 5.41. The predicted molar refractivity (Wildman–Crippen MR) is 82.6 cm³/mol. The van der Waals surface area contributed by atoms with Crippen molar-refractivity contribution in [1.29, 1.82) is 0 Å². The quantitative estimate of drug-likeness (QED) is 0.788. The third-order valence-corrected chi connectivity index (χ3v) is 3.71. The van der Waals surface area contributed by atoms with Gasteiger partial charge >= 0.3 is 0 Å². The summed E-state index contributed by atoms with van der Waals surface area (Å²) in [4.78, 5) is 12.3. The van der Waals surface area contributed by atoms with Gasteiger partial charge in [0.1, 0.15) is 12.4 Å². The molecule has 1 aliphatic rings. The maximum absolute atomic E-state index is 12.3. The standard InChI is InChI=1S/C16H24N2O3/c1-12-5-4-8-17-15(12)16(19)18-13-6-3-7-14(11-13)21-10-9-20-2/h3,6-7,11-12,15,17H,4-5,8-10H2,1-2H3,(H,18,19). The normalized spacial score (nSPS) is 21.8. The highest BCUT2D eigenvalue weighted by atomic mass is 16.5. The highest BCUT2D eigenvalue weighted by Gasteiger charge is 2.27. The van der Waals surface area contributed by atoms with Crippen molar-refractivity contribution in [2.75, 3.05) is 32.2 Å². The average molecular weight is 292 g/mol. The smallest absolute Gasteiger partial charge is 0.241 e. The Bertz CT molecular complexity index is 465. The van der Waals surface area contributed by atoms with E-state index in [2.05, 4.69) is 17.6 Å². The number of anilines is 1. The molecule has 5 nitrogen and oxygen atoms in total. The zero-order valence-corrected chi connectivity index (χ0v) is 12.7. The zero-order valence-electron chi connectivity index (χ0n) is 12.7. The minimum absolute atomic E-state index is 0.0243. The number of carbonyl (C=O) groups is 1. The van der Waals surface area contributed by atoms with Crippen LogP contribution >= 0.6 is 0 Å². The van der Waals surface area contributed by atoms with Crippen molar-refractivity contribution >= 4 is 11.6 Å². The van der Waals surface area contributed by atoms with Crippen molar-refractivity contribution in [3.05, 3.63) is 24.3 Å². The van der Waals surface area contributed by atoms with Crippen LogP contribution in [0, 0.1) is 5.92 Å². The molecule has 0 aliphatic carbocycles. The van der Waals surface area contributed by atoms with Gasteiger partial charge in [-0.05, 0) is 37.4 Å². The molecule has 2 N–H and O–H groups in total. The number of amides is 1. The van der Waals surface area contributed by atoms with Gasteiger partial charge in [0, 0.05) is 18.9 Å². The number of methoxy groups -OCH3 is 1. The highest BCUT2D eigenvalue weighted by Crippen LogP contribution is 2.20. The molecule has 1 aromatic rings. The van der Waals surface area contributed by atoms with Gasteiger partial charge < -0.3 is 20.1 Å². The van der Waals surface area contributed by atoms with Gasteiger partial charge in [0.15, 0.2) is 0 Å². The number of nitrogens with one attached hydrogen (secondary N) is 2. The van der Waals surface area contributed by atoms with Crippen molar-refractivity contribution in [2.24, 2.45) is 5.92 Å². The van der Waals surface area contributed by atoms with E-state index < -0.39 is 0 Å². The Morgan fingerprint density at radius 2 is 2.29 bits per heavy atom. The lowest BCUT2D eigenvalue weighted by Gasteiger charge is -2.28. The molecule has 0 spiro atoms. The van der Waals surface area contributed by atoms with Crippen LogP contribution in [0.25, 0.3) is 0 Å². The van der Waals surface area contributed by atoms with Crippen molar-refractivity contribution in [3.8, 4) is 5.75 Å². The van der Waals surface area contributed by atoms with Crippen LogP contribution in [0.1, 0.15) is 19.8 Å². The molecule has 2 unspecified atom stereocenters. The molecule has 2 rings (SSSR count). The molecule has 1 heterocycles. The summed E-state index contributed by atoms with van der Waals surface area (Å²) < 4.78 is 10.5. The number of rotatable bonds is 6. The molecular weight excluding hydrogens is 268 g/mol. The third kappa shape index (κ3) is 4.72. The number of carbonyl (C=O) groups excluding carboxylic acids is 1. The van der Waals surface area contributed by atoms with Gasteiger partial charge in [-0.15, -0.1) is 0 Å². The predicted octanol–water partition coefficient (Wildman–Crippen LogP) is 2.04. The second-order valence-corrected chi connectivity index (χ2v) is 5.41. The van der Waals surface area contributed by atoms with Crippen molar-refractivity contribution in [1.82, 2.24) is 5.32 Å². The molecule has 1 fully saturated rings. The molecular formula is C16H24N2O3. The average Bonchev–Trinajstić information content (AvgIpc) is 2.48. The molecule has 0 saturated carbocycles. The molecule has 21 heavy (non-hydrogen) atoms. The minimum atomic E-state index is -0.114. The molecule has 2 atom stereocenters. The van der Waals surface area contributed by atoms with Crippen LogP contribution in [-0.4, -0.2) is 38.8 Å². The minimum Gasteiger partial charge on any atom is -0.491 e. The summed E-state index contributed by atoms with van der Waals surface area (Å²) >= 11 is 0. The van der Waals surface area contributed by atoms with E-state index >= 15 is 0 Å². The van der Waals surface area contributed by atoms with Gasteiger partial charge in [-0.3, -0.25) is 4.79 Å². The van der Waals surface area contributed by atoms with E-state index in [1.165, 1.54) is 0 Å². The van der Waals surface area contributed by atoms with Gasteiger partial charge in [-0.1, -0.05) is 13.0 Å². The first-order chi connectivity index (χ1) is 10.2. The second kappa shape index (κ2) is 8.00. The van der Waals surface area contributed by atoms with E-state index in [1.807, 2.05) is 24.3 Å². The molecule has 1 aliphatic heterocycles. The molecule has 116 valence electrons. The Labute approximate surface area is 126 Å². The molecule has 0 bridgehead atoms. The SMILES string of the molecule is COCCOc1cccc(NC(=O)C2NCCCC2C)c1. The lowest BCUT2D eigenvalue weighted by atomic mass is 9.92. The Kier molecular flexibility index (Phi) is 6.02. The highest BCUT2D eigenvalue weighted by molar-refractivity contribution is 5.95. The van der Waals surface area contributed by atoms with E-state index in [0.717, 1.165) is 30.8 Å². The monoisotopic (exact) mass is 292 g/mol. The Morgan fingerprint density at radius 1 is 1.43 bits per heavy atom. The van der Waals surface area contributed by atoms with Crippen molar-refractivity contribution < 1.29 is 14.3 Å². The van der Waals surface area contributed by atoms with Gasteiger partial charge in [0.2, 0.25) is 5.91 Å². The van der Waals surface area contributed by atoms with E-state index in [9.17, 15) is 4.79 Å². The molecule has 1 aromatic carbocycles. The van der Waals surface area contributed by atoms with Crippen LogP contribution in [-0.2, 0) is 9.53 Å². The molecule has 0 aromatic heterocycles. The van der Waals surface area contributed by atoms with Gasteiger partial charge in [0.05, 0.1) is 12.6 Å². The van der Waals surface area contributed by atoms with Crippen LogP contribution in [0.4, 0.5) is 5.69 Å². The fourth-order valence-electron chi connectivity index (χ4n) is 2.53. The third-order valence-electron chi connectivity index (χ3n) is 3.71. The summed E-state index contributed by atoms with van der Waals surface area (Å²) in [6.45, 7) is 4.05. The summed E-state index contributed by atoms with van der Waals surface area (Å²) in [6, 6.07) is 7.33. The summed E-state index contributed by atoms with van der Waals surface area (Å²) in [5.41, 5.74) is 0.759. The first-order valence-corrected chi connectivity index (χ1v) is 7.47. The van der Waals surface area contributed by atoms with Crippen LogP contribution in [0.2, 0.25) is 0 Å². The number of benzene rings is 1. The fraction of sp³-hybridized carbons (Fsp3) is 0.562. The summed E-state index contributed by atoms with van der Waals surface area (Å²) in [6.07, 6.45) is 2.22. The van der Waals surface area contributed by atoms with Gasteiger partial charge in [-0.25, -0.2) is 0 Å². The number of hydrogen-bond acceptors (Lipinski definition) is 4. The topological polar surface area (TPSA) is 59.6 Å². The van der Waals surface area contributed by atoms with E-state index in [4.69, 9.17) is 9.47 Å². The van der Waals surface area contributed by atoms with Crippen LogP contribution < -0.4 is 15.4 Å². The lowest BCUT2D eigenvalue weighted by Crippen LogP contribution is -2.48. The first kappa shape index (κ1) is 15.8. The maximum atomic E-state index is 12.3.